The third-order valence-electron chi connectivity index (χ3n) is 4.21. The number of carbonyl (C=O) groups excluding carboxylic acids is 1. The van der Waals surface area contributed by atoms with E-state index in [4.69, 9.17) is 10.5 Å². The lowest BCUT2D eigenvalue weighted by molar-refractivity contribution is 0.0527. The molecule has 0 aliphatic heterocycles. The molecule has 24 heavy (non-hydrogen) atoms. The third-order valence-corrected chi connectivity index (χ3v) is 4.21. The first kappa shape index (κ1) is 16.2. The minimum absolute atomic E-state index is 0.244. The van der Waals surface area contributed by atoms with Gasteiger partial charge in [0.2, 0.25) is 0 Å². The van der Waals surface area contributed by atoms with E-state index < -0.39 is 5.97 Å². The van der Waals surface area contributed by atoms with Gasteiger partial charge < -0.3 is 10.5 Å². The van der Waals surface area contributed by atoms with E-state index >= 15 is 0 Å². The zero-order valence-corrected chi connectivity index (χ0v) is 13.9. The van der Waals surface area contributed by atoms with Crippen molar-refractivity contribution in [1.29, 1.82) is 0 Å². The van der Waals surface area contributed by atoms with Crippen molar-refractivity contribution in [3.8, 4) is 0 Å². The molecule has 0 amide bonds. The Hall–Kier alpha value is -2.62. The average Bonchev–Trinajstić information content (AvgIpc) is 2.77. The Bertz CT molecular complexity index is 767. The fourth-order valence-electron chi connectivity index (χ4n) is 3.05. The number of nitrogen functional groups attached to an aromatic ring is 1. The number of pyridine rings is 1. The number of nitrogens with zero attached hydrogens (tertiary/aromatic N) is 1. The highest BCUT2D eigenvalue weighted by atomic mass is 16.5. The van der Waals surface area contributed by atoms with Crippen molar-refractivity contribution >= 4 is 23.4 Å². The van der Waals surface area contributed by atoms with Gasteiger partial charge in [-0.2, -0.15) is 0 Å². The number of hydrogen-bond donors (Lipinski definition) is 1. The maximum absolute atomic E-state index is 12.1. The molecule has 3 rings (SSSR count). The predicted molar refractivity (Wildman–Crippen MR) is 96.5 cm³/mol. The molecule has 0 radical (unpaired) electrons. The summed E-state index contributed by atoms with van der Waals surface area (Å²) < 4.78 is 5.08. The largest absolute Gasteiger partial charge is 0.462 e. The molecule has 4 nitrogen and oxygen atoms in total. The van der Waals surface area contributed by atoms with Crippen molar-refractivity contribution < 1.29 is 9.53 Å². The fourth-order valence-corrected chi connectivity index (χ4v) is 3.05. The molecule has 2 aromatic rings. The summed E-state index contributed by atoms with van der Waals surface area (Å²) >= 11 is 0. The molecule has 4 heteroatoms. The molecule has 1 heterocycles. The molecule has 1 aliphatic rings. The predicted octanol–water partition coefficient (Wildman–Crippen LogP) is 4.11. The van der Waals surface area contributed by atoms with Gasteiger partial charge in [-0.15, -0.1) is 0 Å². The minimum atomic E-state index is -0.400. The van der Waals surface area contributed by atoms with Gasteiger partial charge in [0.1, 0.15) is 11.4 Å². The van der Waals surface area contributed by atoms with Crippen molar-refractivity contribution in [3.63, 3.8) is 0 Å². The number of esters is 1. The van der Waals surface area contributed by atoms with Crippen molar-refractivity contribution in [2.24, 2.45) is 0 Å². The van der Waals surface area contributed by atoms with E-state index in [0.717, 1.165) is 42.5 Å². The number of allylic oxidation sites excluding steroid dienone is 1. The second-order valence-electron chi connectivity index (χ2n) is 5.94. The SMILES string of the molecule is CCOC(=O)c1cc2c(nc1N)/C(=C/c1ccccc1)CCCC2. The first-order valence-corrected chi connectivity index (χ1v) is 8.41. The number of benzene rings is 1. The highest BCUT2D eigenvalue weighted by Gasteiger charge is 2.20. The van der Waals surface area contributed by atoms with Gasteiger partial charge in [0, 0.05) is 0 Å². The Labute approximate surface area is 142 Å². The van der Waals surface area contributed by atoms with E-state index in [1.165, 1.54) is 5.57 Å². The molecule has 0 spiro atoms. The summed E-state index contributed by atoms with van der Waals surface area (Å²) in [4.78, 5) is 16.6. The van der Waals surface area contributed by atoms with Crippen LogP contribution in [0.3, 0.4) is 0 Å². The summed E-state index contributed by atoms with van der Waals surface area (Å²) in [5.41, 5.74) is 10.7. The van der Waals surface area contributed by atoms with Crippen molar-refractivity contribution in [2.45, 2.75) is 32.6 Å². The number of hydrogen-bond acceptors (Lipinski definition) is 4. The van der Waals surface area contributed by atoms with E-state index in [1.54, 1.807) is 6.92 Å². The molecule has 0 fully saturated rings. The standard InChI is InChI=1S/C20H22N2O2/c1-2-24-20(23)17-13-16-11-7-6-10-15(18(16)22-19(17)21)12-14-8-4-3-5-9-14/h3-5,8-9,12-13H,2,6-7,10-11H2,1H3,(H2,21,22)/b15-12+. The third kappa shape index (κ3) is 3.48. The smallest absolute Gasteiger partial charge is 0.341 e. The molecule has 0 saturated heterocycles. The summed E-state index contributed by atoms with van der Waals surface area (Å²) in [6, 6.07) is 12.1. The number of ether oxygens (including phenoxy) is 1. The van der Waals surface area contributed by atoms with Gasteiger partial charge in [-0.1, -0.05) is 30.3 Å². The van der Waals surface area contributed by atoms with Gasteiger partial charge in [0.25, 0.3) is 0 Å². The van der Waals surface area contributed by atoms with Gasteiger partial charge in [-0.05, 0) is 61.4 Å². The van der Waals surface area contributed by atoms with Crippen LogP contribution < -0.4 is 5.73 Å². The maximum atomic E-state index is 12.1. The van der Waals surface area contributed by atoms with Crippen LogP contribution in [-0.2, 0) is 11.2 Å². The lowest BCUT2D eigenvalue weighted by Gasteiger charge is -2.12. The van der Waals surface area contributed by atoms with E-state index in [2.05, 4.69) is 23.2 Å². The highest BCUT2D eigenvalue weighted by Crippen LogP contribution is 2.32. The topological polar surface area (TPSA) is 65.2 Å². The zero-order valence-electron chi connectivity index (χ0n) is 13.9. The summed E-state index contributed by atoms with van der Waals surface area (Å²) in [6.45, 7) is 2.11. The van der Waals surface area contributed by atoms with E-state index in [-0.39, 0.29) is 5.82 Å². The van der Waals surface area contributed by atoms with E-state index in [0.29, 0.717) is 12.2 Å². The number of rotatable bonds is 3. The van der Waals surface area contributed by atoms with Crippen molar-refractivity contribution in [1.82, 2.24) is 4.98 Å². The van der Waals surface area contributed by atoms with E-state index in [9.17, 15) is 4.79 Å². The van der Waals surface area contributed by atoms with Crippen LogP contribution in [0.2, 0.25) is 0 Å². The van der Waals surface area contributed by atoms with Gasteiger partial charge in [0.15, 0.2) is 0 Å². The number of aryl methyl sites for hydroxylation is 1. The molecule has 1 aromatic heterocycles. The molecule has 0 atom stereocenters. The number of anilines is 1. The first-order valence-electron chi connectivity index (χ1n) is 8.41. The summed E-state index contributed by atoms with van der Waals surface area (Å²) in [5, 5.41) is 0. The van der Waals surface area contributed by atoms with Crippen LogP contribution >= 0.6 is 0 Å². The minimum Gasteiger partial charge on any atom is -0.462 e. The van der Waals surface area contributed by atoms with Crippen LogP contribution in [0.5, 0.6) is 0 Å². The van der Waals surface area contributed by atoms with Crippen molar-refractivity contribution in [2.75, 3.05) is 12.3 Å². The molecule has 1 aliphatic carbocycles. The molecular weight excluding hydrogens is 300 g/mol. The van der Waals surface area contributed by atoms with Gasteiger partial charge in [-0.25, -0.2) is 9.78 Å². The lowest BCUT2D eigenvalue weighted by Crippen LogP contribution is -2.12. The molecule has 0 bridgehead atoms. The van der Waals surface area contributed by atoms with Crippen molar-refractivity contribution in [3.05, 3.63) is 58.8 Å². The normalized spacial score (nSPS) is 15.6. The quantitative estimate of drug-likeness (QED) is 0.682. The molecule has 124 valence electrons. The number of fused-ring (bicyclic) bond motifs is 1. The Morgan fingerprint density at radius 3 is 2.75 bits per heavy atom. The van der Waals surface area contributed by atoms with Gasteiger partial charge in [0.05, 0.1) is 12.3 Å². The van der Waals surface area contributed by atoms with E-state index in [1.807, 2.05) is 24.3 Å². The Morgan fingerprint density at radius 1 is 1.25 bits per heavy atom. The fraction of sp³-hybridized carbons (Fsp3) is 0.300. The lowest BCUT2D eigenvalue weighted by atomic mass is 10.00. The van der Waals surface area contributed by atoms with Crippen LogP contribution in [0.25, 0.3) is 11.6 Å². The van der Waals surface area contributed by atoms with Crippen LogP contribution in [0.4, 0.5) is 5.82 Å². The zero-order chi connectivity index (χ0) is 16.9. The van der Waals surface area contributed by atoms with Crippen LogP contribution in [0, 0.1) is 0 Å². The molecule has 2 N–H and O–H groups in total. The van der Waals surface area contributed by atoms with Crippen LogP contribution in [-0.4, -0.2) is 17.6 Å². The number of carbonyl (C=O) groups is 1. The second-order valence-corrected chi connectivity index (χ2v) is 5.94. The average molecular weight is 322 g/mol. The van der Waals surface area contributed by atoms with Crippen LogP contribution in [0.1, 0.15) is 53.4 Å². The van der Waals surface area contributed by atoms with Gasteiger partial charge >= 0.3 is 5.97 Å². The molecule has 0 saturated carbocycles. The Balaban J connectivity index is 2.05. The first-order chi connectivity index (χ1) is 11.7. The number of nitrogens with two attached hydrogens (primary N) is 1. The Morgan fingerprint density at radius 2 is 2.00 bits per heavy atom. The maximum Gasteiger partial charge on any atom is 0.341 e. The summed E-state index contributed by atoms with van der Waals surface area (Å²) in [5.74, 6) is -0.156. The molecule has 0 unspecified atom stereocenters. The monoisotopic (exact) mass is 322 g/mol. The molecular formula is C20H22N2O2. The highest BCUT2D eigenvalue weighted by molar-refractivity contribution is 5.95. The van der Waals surface area contributed by atoms with Crippen LogP contribution in [0.15, 0.2) is 36.4 Å². The summed E-state index contributed by atoms with van der Waals surface area (Å²) in [6.07, 6.45) is 6.21. The van der Waals surface area contributed by atoms with Gasteiger partial charge in [-0.3, -0.25) is 0 Å². The molecule has 1 aromatic carbocycles. The Kier molecular flexibility index (Phi) is 4.94. The number of aromatic nitrogens is 1. The second kappa shape index (κ2) is 7.30. The summed E-state index contributed by atoms with van der Waals surface area (Å²) in [7, 11) is 0.